The minimum absolute atomic E-state index is 0.00120. The van der Waals surface area contributed by atoms with E-state index in [-0.39, 0.29) is 10.2 Å². The number of halogens is 2. The number of carboxylic acid groups (broad SMARTS) is 1. The second-order valence-corrected chi connectivity index (χ2v) is 3.69. The van der Waals surface area contributed by atoms with Gasteiger partial charge in [-0.05, 0) is 28.1 Å². The molecule has 90 valence electrons. The van der Waals surface area contributed by atoms with Crippen LogP contribution in [0.2, 0.25) is 0 Å². The Kier molecular flexibility index (Phi) is 4.16. The third kappa shape index (κ3) is 3.25. The second-order valence-electron chi connectivity index (χ2n) is 2.83. The first kappa shape index (κ1) is 13.1. The van der Waals surface area contributed by atoms with Crippen LogP contribution in [0.3, 0.4) is 0 Å². The molecule has 0 aliphatic carbocycles. The molecule has 0 saturated heterocycles. The smallest absolute Gasteiger partial charge is 0.340 e. The summed E-state index contributed by atoms with van der Waals surface area (Å²) in [5, 5.41) is 21.2. The Hall–Kier alpha value is -1.96. The highest BCUT2D eigenvalue weighted by Crippen LogP contribution is 2.26. The molecular weight excluding hydrogens is 299 g/mol. The van der Waals surface area contributed by atoms with Crippen molar-refractivity contribution in [3.05, 3.63) is 50.5 Å². The van der Waals surface area contributed by atoms with Crippen molar-refractivity contribution in [1.29, 1.82) is 0 Å². The van der Waals surface area contributed by atoms with Crippen LogP contribution in [0.1, 0.15) is 10.4 Å². The first-order valence-corrected chi connectivity index (χ1v) is 5.00. The minimum Gasteiger partial charge on any atom is -0.478 e. The lowest BCUT2D eigenvalue weighted by molar-refractivity contribution is -0.402. The van der Waals surface area contributed by atoms with Gasteiger partial charge in [0.1, 0.15) is 5.56 Å². The molecule has 6 nitrogen and oxygen atoms in total. The van der Waals surface area contributed by atoms with Gasteiger partial charge in [-0.2, -0.15) is 0 Å². The quantitative estimate of drug-likeness (QED) is 0.658. The van der Waals surface area contributed by atoms with Crippen molar-refractivity contribution in [1.82, 2.24) is 0 Å². The SMILES string of the molecule is O=C(O)c1c(NC=C[N+](=O)[O-])ccc(Br)c1F. The third-order valence-electron chi connectivity index (χ3n) is 1.74. The number of anilines is 1. The third-order valence-corrected chi connectivity index (χ3v) is 2.36. The molecule has 0 amide bonds. The van der Waals surface area contributed by atoms with Gasteiger partial charge >= 0.3 is 5.97 Å². The average Bonchev–Trinajstić information content (AvgIpc) is 2.22. The number of carbonyl (C=O) groups is 1. The van der Waals surface area contributed by atoms with Crippen LogP contribution in [0.5, 0.6) is 0 Å². The summed E-state index contributed by atoms with van der Waals surface area (Å²) in [5.41, 5.74) is -0.663. The molecule has 2 N–H and O–H groups in total. The number of rotatable bonds is 4. The Bertz CT molecular complexity index is 504. The molecule has 17 heavy (non-hydrogen) atoms. The van der Waals surface area contributed by atoms with Gasteiger partial charge in [-0.3, -0.25) is 10.1 Å². The van der Waals surface area contributed by atoms with Crippen LogP contribution in [0.15, 0.2) is 29.0 Å². The first-order chi connectivity index (χ1) is 7.93. The van der Waals surface area contributed by atoms with Crippen molar-refractivity contribution in [2.45, 2.75) is 0 Å². The van der Waals surface area contributed by atoms with Crippen molar-refractivity contribution in [2.24, 2.45) is 0 Å². The van der Waals surface area contributed by atoms with Gasteiger partial charge < -0.3 is 10.4 Å². The highest BCUT2D eigenvalue weighted by Gasteiger charge is 2.18. The predicted octanol–water partition coefficient (Wildman–Crippen LogP) is 2.45. The van der Waals surface area contributed by atoms with E-state index in [0.717, 1.165) is 6.20 Å². The maximum Gasteiger partial charge on any atom is 0.340 e. The predicted molar refractivity (Wildman–Crippen MR) is 60.8 cm³/mol. The summed E-state index contributed by atoms with van der Waals surface area (Å²) in [6.45, 7) is 0. The van der Waals surface area contributed by atoms with Crippen molar-refractivity contribution < 1.29 is 19.2 Å². The highest BCUT2D eigenvalue weighted by atomic mass is 79.9. The molecule has 0 unspecified atom stereocenters. The number of nitrogens with zero attached hydrogens (tertiary/aromatic N) is 1. The number of carboxylic acids is 1. The van der Waals surface area contributed by atoms with Crippen LogP contribution in [0.4, 0.5) is 10.1 Å². The Morgan fingerprint density at radius 2 is 2.24 bits per heavy atom. The van der Waals surface area contributed by atoms with Crippen molar-refractivity contribution >= 4 is 27.6 Å². The fourth-order valence-corrected chi connectivity index (χ4v) is 1.40. The zero-order valence-electron chi connectivity index (χ0n) is 8.18. The fraction of sp³-hybridized carbons (Fsp3) is 0. The van der Waals surface area contributed by atoms with E-state index in [1.807, 2.05) is 0 Å². The molecule has 0 spiro atoms. The summed E-state index contributed by atoms with van der Waals surface area (Å²) in [4.78, 5) is 20.1. The molecule has 1 aromatic carbocycles. The van der Waals surface area contributed by atoms with E-state index in [0.29, 0.717) is 6.20 Å². The number of nitrogens with one attached hydrogen (secondary N) is 1. The van der Waals surface area contributed by atoms with E-state index in [4.69, 9.17) is 5.11 Å². The number of hydrogen-bond donors (Lipinski definition) is 2. The average molecular weight is 305 g/mol. The zero-order valence-corrected chi connectivity index (χ0v) is 9.77. The van der Waals surface area contributed by atoms with Crippen LogP contribution < -0.4 is 5.32 Å². The van der Waals surface area contributed by atoms with Crippen molar-refractivity contribution in [3.63, 3.8) is 0 Å². The summed E-state index contributed by atoms with van der Waals surface area (Å²) in [6.07, 6.45) is 1.49. The maximum absolute atomic E-state index is 13.5. The summed E-state index contributed by atoms with van der Waals surface area (Å²) in [7, 11) is 0. The summed E-state index contributed by atoms with van der Waals surface area (Å²) in [5.74, 6) is -2.42. The Morgan fingerprint density at radius 1 is 1.59 bits per heavy atom. The molecule has 0 heterocycles. The van der Waals surface area contributed by atoms with Crippen molar-refractivity contribution in [3.8, 4) is 0 Å². The minimum atomic E-state index is -1.47. The number of benzene rings is 1. The highest BCUT2D eigenvalue weighted by molar-refractivity contribution is 9.10. The monoisotopic (exact) mass is 304 g/mol. The molecule has 8 heteroatoms. The van der Waals surface area contributed by atoms with Gasteiger partial charge in [0.25, 0.3) is 0 Å². The lowest BCUT2D eigenvalue weighted by Gasteiger charge is -2.07. The maximum atomic E-state index is 13.5. The molecular formula is C9H6BrFN2O4. The van der Waals surface area contributed by atoms with Gasteiger partial charge in [0.2, 0.25) is 6.20 Å². The topological polar surface area (TPSA) is 92.5 Å². The summed E-state index contributed by atoms with van der Waals surface area (Å²) >= 11 is 2.85. The molecule has 0 radical (unpaired) electrons. The van der Waals surface area contributed by atoms with E-state index < -0.39 is 22.3 Å². The number of nitro groups is 1. The normalized spacial score (nSPS) is 10.5. The van der Waals surface area contributed by atoms with E-state index in [1.165, 1.54) is 12.1 Å². The molecule has 0 aliphatic heterocycles. The standard InChI is InChI=1S/C9H6BrFN2O4/c10-5-1-2-6(12-3-4-13(16)17)7(8(5)11)9(14)15/h1-4,12H,(H,14,15). The summed E-state index contributed by atoms with van der Waals surface area (Å²) < 4.78 is 13.5. The van der Waals surface area contributed by atoms with Gasteiger partial charge in [0.05, 0.1) is 21.3 Å². The molecule has 0 aliphatic rings. The van der Waals surface area contributed by atoms with Gasteiger partial charge in [-0.15, -0.1) is 0 Å². The molecule has 1 rings (SSSR count). The fourth-order valence-electron chi connectivity index (χ4n) is 1.07. The van der Waals surface area contributed by atoms with Crippen LogP contribution in [0, 0.1) is 15.9 Å². The van der Waals surface area contributed by atoms with Gasteiger partial charge in [-0.1, -0.05) is 0 Å². The van der Waals surface area contributed by atoms with Crippen LogP contribution in [-0.2, 0) is 0 Å². The molecule has 0 atom stereocenters. The first-order valence-electron chi connectivity index (χ1n) is 4.21. The van der Waals surface area contributed by atoms with Crippen LogP contribution in [0.25, 0.3) is 0 Å². The second kappa shape index (κ2) is 5.39. The van der Waals surface area contributed by atoms with Gasteiger partial charge in [0.15, 0.2) is 5.82 Å². The van der Waals surface area contributed by atoms with Crippen LogP contribution >= 0.6 is 15.9 Å². The van der Waals surface area contributed by atoms with E-state index >= 15 is 0 Å². The Morgan fingerprint density at radius 3 is 2.76 bits per heavy atom. The Labute approximate surface area is 103 Å². The van der Waals surface area contributed by atoms with Gasteiger partial charge in [0, 0.05) is 0 Å². The summed E-state index contributed by atoms with van der Waals surface area (Å²) in [6, 6.07) is 2.59. The largest absolute Gasteiger partial charge is 0.478 e. The molecule has 0 saturated carbocycles. The van der Waals surface area contributed by atoms with E-state index in [9.17, 15) is 19.3 Å². The number of aromatic carboxylic acids is 1. The lowest BCUT2D eigenvalue weighted by atomic mass is 10.1. The van der Waals surface area contributed by atoms with Crippen LogP contribution in [-0.4, -0.2) is 16.0 Å². The molecule has 0 fully saturated rings. The molecule has 0 bridgehead atoms. The molecule has 1 aromatic rings. The Balaban J connectivity index is 3.12. The van der Waals surface area contributed by atoms with Gasteiger partial charge in [-0.25, -0.2) is 9.18 Å². The lowest BCUT2D eigenvalue weighted by Crippen LogP contribution is -2.06. The number of hydrogen-bond acceptors (Lipinski definition) is 4. The van der Waals surface area contributed by atoms with E-state index in [1.54, 1.807) is 0 Å². The zero-order chi connectivity index (χ0) is 13.0. The van der Waals surface area contributed by atoms with Crippen molar-refractivity contribution in [2.75, 3.05) is 5.32 Å². The van der Waals surface area contributed by atoms with E-state index in [2.05, 4.69) is 21.2 Å². The molecule has 0 aromatic heterocycles.